The highest BCUT2D eigenvalue weighted by Crippen LogP contribution is 2.39. The van der Waals surface area contributed by atoms with E-state index in [1.54, 1.807) is 18.4 Å². The van der Waals surface area contributed by atoms with Crippen LogP contribution < -0.4 is 14.8 Å². The van der Waals surface area contributed by atoms with Gasteiger partial charge >= 0.3 is 0 Å². The van der Waals surface area contributed by atoms with Crippen LogP contribution in [0.1, 0.15) is 11.8 Å². The molecule has 1 heterocycles. The van der Waals surface area contributed by atoms with E-state index in [1.807, 2.05) is 38.4 Å². The van der Waals surface area contributed by atoms with E-state index >= 15 is 0 Å². The molecule has 0 spiro atoms. The molecule has 0 fully saturated rings. The molecule has 2 rings (SSSR count). The summed E-state index contributed by atoms with van der Waals surface area (Å²) in [7, 11) is 3.58. The molecule has 0 bridgehead atoms. The topological polar surface area (TPSA) is 43.4 Å². The molecule has 19 heavy (non-hydrogen) atoms. The average Bonchev–Trinajstić information content (AvgIpc) is 2.88. The molecule has 102 valence electrons. The summed E-state index contributed by atoms with van der Waals surface area (Å²) >= 11 is 1.66. The third kappa shape index (κ3) is 3.05. The lowest BCUT2D eigenvalue weighted by Gasteiger charge is -2.12. The zero-order valence-corrected chi connectivity index (χ0v) is 12.2. The van der Waals surface area contributed by atoms with Crippen molar-refractivity contribution < 1.29 is 9.47 Å². The largest absolute Gasteiger partial charge is 0.493 e. The van der Waals surface area contributed by atoms with Gasteiger partial charge in [0.1, 0.15) is 5.01 Å². The van der Waals surface area contributed by atoms with Gasteiger partial charge in [0.15, 0.2) is 11.5 Å². The number of aromatic nitrogens is 1. The molecule has 0 saturated carbocycles. The summed E-state index contributed by atoms with van der Waals surface area (Å²) in [6.45, 7) is 3.39. The first-order valence-electron chi connectivity index (χ1n) is 6.19. The molecule has 1 aromatic heterocycles. The van der Waals surface area contributed by atoms with E-state index in [-0.39, 0.29) is 0 Å². The number of hydrogen-bond acceptors (Lipinski definition) is 5. The Morgan fingerprint density at radius 3 is 2.89 bits per heavy atom. The number of methoxy groups -OCH3 is 1. The summed E-state index contributed by atoms with van der Waals surface area (Å²) in [6, 6.07) is 5.86. The Hall–Kier alpha value is -1.59. The van der Waals surface area contributed by atoms with Crippen LogP contribution in [0.4, 0.5) is 0 Å². The maximum absolute atomic E-state index is 5.71. The van der Waals surface area contributed by atoms with Gasteiger partial charge in [0, 0.05) is 17.6 Å². The fourth-order valence-electron chi connectivity index (χ4n) is 1.83. The van der Waals surface area contributed by atoms with Crippen molar-refractivity contribution in [2.24, 2.45) is 0 Å². The van der Waals surface area contributed by atoms with E-state index in [4.69, 9.17) is 9.47 Å². The van der Waals surface area contributed by atoms with Crippen molar-refractivity contribution in [1.82, 2.24) is 10.3 Å². The summed E-state index contributed by atoms with van der Waals surface area (Å²) in [4.78, 5) is 5.66. The zero-order valence-electron chi connectivity index (χ0n) is 11.4. The van der Waals surface area contributed by atoms with Gasteiger partial charge in [-0.05, 0) is 26.1 Å². The van der Waals surface area contributed by atoms with Gasteiger partial charge in [0.2, 0.25) is 0 Å². The van der Waals surface area contributed by atoms with Gasteiger partial charge in [-0.3, -0.25) is 0 Å². The van der Waals surface area contributed by atoms with Crippen LogP contribution in [0.3, 0.4) is 0 Å². The van der Waals surface area contributed by atoms with Gasteiger partial charge in [0.05, 0.1) is 19.3 Å². The molecular formula is C14H18N2O2S. The van der Waals surface area contributed by atoms with Crippen LogP contribution in [-0.4, -0.2) is 25.7 Å². The Labute approximate surface area is 117 Å². The van der Waals surface area contributed by atoms with Gasteiger partial charge in [-0.1, -0.05) is 6.07 Å². The van der Waals surface area contributed by atoms with E-state index in [0.717, 1.165) is 28.6 Å². The van der Waals surface area contributed by atoms with Crippen LogP contribution in [0, 0.1) is 0 Å². The Morgan fingerprint density at radius 1 is 1.37 bits per heavy atom. The van der Waals surface area contributed by atoms with Crippen molar-refractivity contribution in [3.8, 4) is 22.1 Å². The first-order chi connectivity index (χ1) is 9.30. The minimum Gasteiger partial charge on any atom is -0.493 e. The summed E-state index contributed by atoms with van der Waals surface area (Å²) < 4.78 is 11.1. The standard InChI is InChI=1S/C14H18N2O2S/c1-4-18-13-11(6-5-7-12(13)17-3)14-16-9-10(19-14)8-15-2/h5-7,9,15H,4,8H2,1-3H3. The predicted molar refractivity (Wildman–Crippen MR) is 78.0 cm³/mol. The number of ether oxygens (including phenoxy) is 2. The molecule has 5 heteroatoms. The number of thiazole rings is 1. The maximum atomic E-state index is 5.71. The van der Waals surface area contributed by atoms with Crippen molar-refractivity contribution >= 4 is 11.3 Å². The molecule has 0 atom stereocenters. The predicted octanol–water partition coefficient (Wildman–Crippen LogP) is 2.94. The SMILES string of the molecule is CCOc1c(OC)cccc1-c1ncc(CNC)s1. The Kier molecular flexibility index (Phi) is 4.76. The minimum atomic E-state index is 0.599. The van der Waals surface area contributed by atoms with Gasteiger partial charge in [-0.25, -0.2) is 4.98 Å². The maximum Gasteiger partial charge on any atom is 0.171 e. The number of nitrogens with zero attached hydrogens (tertiary/aromatic N) is 1. The van der Waals surface area contributed by atoms with Crippen LogP contribution in [0.25, 0.3) is 10.6 Å². The average molecular weight is 278 g/mol. The highest BCUT2D eigenvalue weighted by atomic mass is 32.1. The van der Waals surface area contributed by atoms with Gasteiger partial charge < -0.3 is 14.8 Å². The van der Waals surface area contributed by atoms with E-state index in [0.29, 0.717) is 6.61 Å². The lowest BCUT2D eigenvalue weighted by molar-refractivity contribution is 0.312. The van der Waals surface area contributed by atoms with Crippen LogP contribution in [0.15, 0.2) is 24.4 Å². The van der Waals surface area contributed by atoms with E-state index in [1.165, 1.54) is 4.88 Å². The van der Waals surface area contributed by atoms with E-state index < -0.39 is 0 Å². The molecular weight excluding hydrogens is 260 g/mol. The van der Waals surface area contributed by atoms with Crippen LogP contribution in [0.2, 0.25) is 0 Å². The zero-order chi connectivity index (χ0) is 13.7. The van der Waals surface area contributed by atoms with Crippen molar-refractivity contribution in [3.63, 3.8) is 0 Å². The van der Waals surface area contributed by atoms with E-state index in [9.17, 15) is 0 Å². The molecule has 0 saturated heterocycles. The fraction of sp³-hybridized carbons (Fsp3) is 0.357. The number of para-hydroxylation sites is 1. The molecule has 0 radical (unpaired) electrons. The molecule has 4 nitrogen and oxygen atoms in total. The summed E-state index contributed by atoms with van der Waals surface area (Å²) in [5, 5.41) is 4.08. The second kappa shape index (κ2) is 6.54. The van der Waals surface area contributed by atoms with Crippen molar-refractivity contribution in [3.05, 3.63) is 29.3 Å². The fourth-order valence-corrected chi connectivity index (χ4v) is 2.77. The molecule has 0 amide bonds. The summed E-state index contributed by atoms with van der Waals surface area (Å²) in [5.74, 6) is 1.50. The second-order valence-corrected chi connectivity index (χ2v) is 5.05. The van der Waals surface area contributed by atoms with Crippen molar-refractivity contribution in [2.75, 3.05) is 20.8 Å². The van der Waals surface area contributed by atoms with Crippen LogP contribution >= 0.6 is 11.3 Å². The highest BCUT2D eigenvalue weighted by molar-refractivity contribution is 7.15. The molecule has 1 N–H and O–H groups in total. The van der Waals surface area contributed by atoms with Crippen LogP contribution in [0.5, 0.6) is 11.5 Å². The number of hydrogen-bond donors (Lipinski definition) is 1. The van der Waals surface area contributed by atoms with Crippen LogP contribution in [-0.2, 0) is 6.54 Å². The van der Waals surface area contributed by atoms with Crippen molar-refractivity contribution in [1.29, 1.82) is 0 Å². The minimum absolute atomic E-state index is 0.599. The van der Waals surface area contributed by atoms with Gasteiger partial charge in [0.25, 0.3) is 0 Å². The summed E-state index contributed by atoms with van der Waals surface area (Å²) in [6.07, 6.45) is 1.89. The number of rotatable bonds is 6. The first kappa shape index (κ1) is 13.8. The smallest absolute Gasteiger partial charge is 0.171 e. The molecule has 0 unspecified atom stereocenters. The Bertz CT molecular complexity index is 540. The normalized spacial score (nSPS) is 10.5. The van der Waals surface area contributed by atoms with Crippen molar-refractivity contribution in [2.45, 2.75) is 13.5 Å². The second-order valence-electron chi connectivity index (χ2n) is 3.93. The quantitative estimate of drug-likeness (QED) is 0.882. The molecule has 1 aromatic carbocycles. The number of benzene rings is 1. The lowest BCUT2D eigenvalue weighted by Crippen LogP contribution is -2.02. The third-order valence-electron chi connectivity index (χ3n) is 2.62. The molecule has 0 aliphatic rings. The first-order valence-corrected chi connectivity index (χ1v) is 7.01. The molecule has 2 aromatic rings. The van der Waals surface area contributed by atoms with E-state index in [2.05, 4.69) is 10.3 Å². The third-order valence-corrected chi connectivity index (χ3v) is 3.65. The number of nitrogens with one attached hydrogen (secondary N) is 1. The van der Waals surface area contributed by atoms with Gasteiger partial charge in [-0.2, -0.15) is 0 Å². The monoisotopic (exact) mass is 278 g/mol. The Balaban J connectivity index is 2.41. The van der Waals surface area contributed by atoms with Gasteiger partial charge in [-0.15, -0.1) is 11.3 Å². The highest BCUT2D eigenvalue weighted by Gasteiger charge is 2.14. The Morgan fingerprint density at radius 2 is 2.21 bits per heavy atom. The summed E-state index contributed by atoms with van der Waals surface area (Å²) in [5.41, 5.74) is 0.980. The molecule has 0 aliphatic heterocycles. The molecule has 0 aliphatic carbocycles. The lowest BCUT2D eigenvalue weighted by atomic mass is 10.2.